The van der Waals surface area contributed by atoms with Gasteiger partial charge in [0.15, 0.2) is 0 Å². The van der Waals surface area contributed by atoms with Gasteiger partial charge < -0.3 is 24.9 Å². The van der Waals surface area contributed by atoms with E-state index < -0.39 is 17.7 Å². The molecule has 2 aromatic carbocycles. The number of nitrogens with one attached hydrogen (secondary N) is 2. The number of urea groups is 1. The fourth-order valence-electron chi connectivity index (χ4n) is 3.65. The van der Waals surface area contributed by atoms with Crippen molar-refractivity contribution < 1.29 is 22.8 Å². The van der Waals surface area contributed by atoms with Gasteiger partial charge in [0.1, 0.15) is 17.4 Å². The Bertz CT molecular complexity index is 1340. The van der Waals surface area contributed by atoms with E-state index in [-0.39, 0.29) is 24.7 Å². The van der Waals surface area contributed by atoms with Gasteiger partial charge in [-0.15, -0.1) is 11.3 Å². The molecule has 0 unspecified atom stereocenters. The summed E-state index contributed by atoms with van der Waals surface area (Å²) in [7, 11) is 3.77. The Morgan fingerprint density at radius 1 is 0.972 bits per heavy atom. The van der Waals surface area contributed by atoms with Crippen molar-refractivity contribution >= 4 is 40.3 Å². The highest BCUT2D eigenvalue weighted by Gasteiger charge is 2.21. The largest absolute Gasteiger partial charge is 0.467 e. The highest BCUT2D eigenvalue weighted by Crippen LogP contribution is 2.27. The molecule has 4 aromatic rings. The third-order valence-corrected chi connectivity index (χ3v) is 6.16. The van der Waals surface area contributed by atoms with Crippen LogP contribution in [0.25, 0.3) is 0 Å². The summed E-state index contributed by atoms with van der Waals surface area (Å²) in [5, 5.41) is 6.88. The molecule has 0 atom stereocenters. The molecule has 3 amide bonds. The first kappa shape index (κ1) is 24.9. The van der Waals surface area contributed by atoms with Crippen LogP contribution in [-0.4, -0.2) is 30.9 Å². The zero-order valence-electron chi connectivity index (χ0n) is 19.6. The van der Waals surface area contributed by atoms with Crippen LogP contribution in [0.4, 0.5) is 30.6 Å². The number of anilines is 3. The van der Waals surface area contributed by atoms with Crippen LogP contribution in [0, 0.1) is 11.6 Å². The Hall–Kier alpha value is -4.18. The average molecular weight is 511 g/mol. The molecule has 0 saturated carbocycles. The monoisotopic (exact) mass is 510 g/mol. The molecule has 4 rings (SSSR count). The number of furan rings is 1. The molecule has 2 heterocycles. The van der Waals surface area contributed by atoms with Gasteiger partial charge in [0.2, 0.25) is 0 Å². The zero-order chi connectivity index (χ0) is 25.7. The van der Waals surface area contributed by atoms with E-state index in [1.165, 1.54) is 11.3 Å². The maximum absolute atomic E-state index is 13.9. The zero-order valence-corrected chi connectivity index (χ0v) is 20.4. The molecular formula is C26H24F2N4O3S. The summed E-state index contributed by atoms with van der Waals surface area (Å²) in [6.07, 6.45) is 1.56. The van der Waals surface area contributed by atoms with Crippen molar-refractivity contribution in [3.05, 3.63) is 100 Å². The van der Waals surface area contributed by atoms with E-state index in [0.717, 1.165) is 23.4 Å². The van der Waals surface area contributed by atoms with E-state index in [1.54, 1.807) is 41.5 Å². The van der Waals surface area contributed by atoms with Crippen LogP contribution in [0.2, 0.25) is 0 Å². The standard InChI is InChI=1S/C26H24F2N4O3S/c1-31(2)23-10-8-19(29-26(34)30-22-9-7-18(27)14-21(22)28)13-17(23)15-32(16-20-5-3-11-35-20)25(33)24-6-4-12-36-24/h3-14H,15-16H2,1-2H3,(H2,29,30,34). The molecule has 0 saturated heterocycles. The van der Waals surface area contributed by atoms with Gasteiger partial charge in [-0.25, -0.2) is 13.6 Å². The number of halogens is 2. The molecule has 0 aliphatic carbocycles. The van der Waals surface area contributed by atoms with Crippen molar-refractivity contribution in [3.63, 3.8) is 0 Å². The van der Waals surface area contributed by atoms with Gasteiger partial charge in [-0.1, -0.05) is 6.07 Å². The van der Waals surface area contributed by atoms with Crippen LogP contribution < -0.4 is 15.5 Å². The molecule has 0 aliphatic heterocycles. The third-order valence-electron chi connectivity index (χ3n) is 5.31. The second-order valence-corrected chi connectivity index (χ2v) is 9.11. The molecule has 36 heavy (non-hydrogen) atoms. The summed E-state index contributed by atoms with van der Waals surface area (Å²) >= 11 is 1.36. The molecule has 2 aromatic heterocycles. The maximum Gasteiger partial charge on any atom is 0.323 e. The van der Waals surface area contributed by atoms with Gasteiger partial charge in [-0.2, -0.15) is 0 Å². The van der Waals surface area contributed by atoms with Crippen molar-refractivity contribution in [3.8, 4) is 0 Å². The van der Waals surface area contributed by atoms with Gasteiger partial charge in [0.05, 0.1) is 23.4 Å². The number of thiophene rings is 1. The Balaban J connectivity index is 1.57. The first-order valence-electron chi connectivity index (χ1n) is 11.0. The average Bonchev–Trinajstić information content (AvgIpc) is 3.54. The molecule has 10 heteroatoms. The van der Waals surface area contributed by atoms with E-state index in [9.17, 15) is 18.4 Å². The van der Waals surface area contributed by atoms with Crippen LogP contribution >= 0.6 is 11.3 Å². The molecule has 2 N–H and O–H groups in total. The van der Waals surface area contributed by atoms with E-state index >= 15 is 0 Å². The minimum absolute atomic E-state index is 0.144. The predicted molar refractivity (Wildman–Crippen MR) is 136 cm³/mol. The summed E-state index contributed by atoms with van der Waals surface area (Å²) < 4.78 is 32.5. The highest BCUT2D eigenvalue weighted by atomic mass is 32.1. The van der Waals surface area contributed by atoms with E-state index in [1.807, 2.05) is 36.5 Å². The van der Waals surface area contributed by atoms with Gasteiger partial charge in [-0.05, 0) is 59.5 Å². The second-order valence-electron chi connectivity index (χ2n) is 8.16. The van der Waals surface area contributed by atoms with Gasteiger partial charge in [0, 0.05) is 38.1 Å². The first-order chi connectivity index (χ1) is 17.3. The summed E-state index contributed by atoms with van der Waals surface area (Å²) in [5.41, 5.74) is 1.93. The van der Waals surface area contributed by atoms with Crippen molar-refractivity contribution in [1.29, 1.82) is 0 Å². The molecule has 0 spiro atoms. The smallest absolute Gasteiger partial charge is 0.323 e. The summed E-state index contributed by atoms with van der Waals surface area (Å²) in [5.74, 6) is -1.12. The lowest BCUT2D eigenvalue weighted by Gasteiger charge is -2.25. The molecule has 0 fully saturated rings. The SMILES string of the molecule is CN(C)c1ccc(NC(=O)Nc2ccc(F)cc2F)cc1CN(Cc1ccco1)C(=O)c1cccs1. The fourth-order valence-corrected chi connectivity index (χ4v) is 4.34. The maximum atomic E-state index is 13.9. The number of hydrogen-bond acceptors (Lipinski definition) is 5. The van der Waals surface area contributed by atoms with Crippen molar-refractivity contribution in [2.75, 3.05) is 29.6 Å². The summed E-state index contributed by atoms with van der Waals surface area (Å²) in [4.78, 5) is 29.9. The molecule has 186 valence electrons. The third kappa shape index (κ3) is 6.08. The fraction of sp³-hybridized carbons (Fsp3) is 0.154. The van der Waals surface area contributed by atoms with Gasteiger partial charge in [0.25, 0.3) is 5.91 Å². The van der Waals surface area contributed by atoms with Crippen LogP contribution in [-0.2, 0) is 13.1 Å². The van der Waals surface area contributed by atoms with Crippen LogP contribution in [0.5, 0.6) is 0 Å². The number of benzene rings is 2. The van der Waals surface area contributed by atoms with Crippen LogP contribution in [0.15, 0.2) is 76.7 Å². The van der Waals surface area contributed by atoms with Crippen molar-refractivity contribution in [1.82, 2.24) is 4.90 Å². The topological polar surface area (TPSA) is 77.8 Å². The van der Waals surface area contributed by atoms with Gasteiger partial charge in [-0.3, -0.25) is 4.79 Å². The van der Waals surface area contributed by atoms with Crippen molar-refractivity contribution in [2.24, 2.45) is 0 Å². The first-order valence-corrected chi connectivity index (χ1v) is 11.9. The number of nitrogens with zero attached hydrogens (tertiary/aromatic N) is 2. The Kier molecular flexibility index (Phi) is 7.65. The minimum Gasteiger partial charge on any atom is -0.467 e. The normalized spacial score (nSPS) is 10.7. The lowest BCUT2D eigenvalue weighted by molar-refractivity contribution is 0.0723. The molecule has 0 aliphatic rings. The van der Waals surface area contributed by atoms with Crippen molar-refractivity contribution in [2.45, 2.75) is 13.1 Å². The molecule has 7 nitrogen and oxygen atoms in total. The number of carbonyl (C=O) groups is 2. The lowest BCUT2D eigenvalue weighted by Crippen LogP contribution is -2.30. The molecule has 0 radical (unpaired) electrons. The Labute approximate surface area is 211 Å². The minimum atomic E-state index is -0.880. The van der Waals surface area contributed by atoms with E-state index in [0.29, 0.717) is 22.4 Å². The lowest BCUT2D eigenvalue weighted by atomic mass is 10.1. The van der Waals surface area contributed by atoms with E-state index in [4.69, 9.17) is 4.42 Å². The quantitative estimate of drug-likeness (QED) is 0.297. The summed E-state index contributed by atoms with van der Waals surface area (Å²) in [6.45, 7) is 0.507. The Morgan fingerprint density at radius 2 is 1.81 bits per heavy atom. The Morgan fingerprint density at radius 3 is 2.47 bits per heavy atom. The summed E-state index contributed by atoms with van der Waals surface area (Å²) in [6, 6.07) is 14.7. The highest BCUT2D eigenvalue weighted by molar-refractivity contribution is 7.12. The number of rotatable bonds is 8. The molecule has 0 bridgehead atoms. The molecular weight excluding hydrogens is 486 g/mol. The number of carbonyl (C=O) groups excluding carboxylic acids is 2. The second kappa shape index (κ2) is 11.0. The van der Waals surface area contributed by atoms with Crippen LogP contribution in [0.3, 0.4) is 0 Å². The van der Waals surface area contributed by atoms with Crippen LogP contribution in [0.1, 0.15) is 21.0 Å². The number of amides is 3. The number of hydrogen-bond donors (Lipinski definition) is 2. The van der Waals surface area contributed by atoms with Gasteiger partial charge >= 0.3 is 6.03 Å². The predicted octanol–water partition coefficient (Wildman–Crippen LogP) is 6.17. The van der Waals surface area contributed by atoms with E-state index in [2.05, 4.69) is 10.6 Å².